The number of fused-ring (bicyclic) bond motifs is 1. The second-order valence-corrected chi connectivity index (χ2v) is 4.60. The summed E-state index contributed by atoms with van der Waals surface area (Å²) >= 11 is 0. The molecule has 0 aliphatic rings. The van der Waals surface area contributed by atoms with Crippen LogP contribution in [0.4, 0.5) is 13.6 Å². The normalized spacial score (nSPS) is 11.4. The highest BCUT2D eigenvalue weighted by Crippen LogP contribution is 2.21. The maximum absolute atomic E-state index is 13.3. The van der Waals surface area contributed by atoms with Crippen LogP contribution in [0.5, 0.6) is 0 Å². The topological polar surface area (TPSA) is 60.9 Å². The highest BCUT2D eigenvalue weighted by Gasteiger charge is 2.12. The Morgan fingerprint density at radius 1 is 1.23 bits per heavy atom. The minimum Gasteiger partial charge on any atom is -0.350 e. The van der Waals surface area contributed by atoms with E-state index in [-0.39, 0.29) is 11.3 Å². The van der Waals surface area contributed by atoms with E-state index in [0.29, 0.717) is 11.1 Å². The zero-order valence-electron chi connectivity index (χ0n) is 11.3. The fourth-order valence-corrected chi connectivity index (χ4v) is 2.09. The van der Waals surface area contributed by atoms with Crippen molar-refractivity contribution in [3.8, 4) is 0 Å². The van der Waals surface area contributed by atoms with E-state index >= 15 is 0 Å². The molecule has 1 amide bonds. The standard InChI is InChI=1S/C16H10F2N3O/c17-11-4-1-10(2-5-11)3-8-14-13-7-6-12(18)9-15(13)21(20-14)16(19)22/h1-5,7-9H,(H2,19,22)/b8-3+. The van der Waals surface area contributed by atoms with Gasteiger partial charge in [0.15, 0.2) is 0 Å². The minimum atomic E-state index is -0.808. The van der Waals surface area contributed by atoms with Crippen LogP contribution in [0, 0.1) is 17.7 Å². The van der Waals surface area contributed by atoms with Crippen LogP contribution in [0.1, 0.15) is 11.3 Å². The number of hydrogen-bond acceptors (Lipinski definition) is 2. The van der Waals surface area contributed by atoms with Gasteiger partial charge in [-0.1, -0.05) is 18.2 Å². The molecule has 0 bridgehead atoms. The van der Waals surface area contributed by atoms with Crippen molar-refractivity contribution in [2.75, 3.05) is 0 Å². The number of aromatic nitrogens is 2. The van der Waals surface area contributed by atoms with Crippen molar-refractivity contribution < 1.29 is 13.6 Å². The van der Waals surface area contributed by atoms with Crippen LogP contribution in [-0.2, 0) is 0 Å². The molecule has 0 saturated carbocycles. The molecule has 109 valence electrons. The molecule has 0 unspecified atom stereocenters. The predicted molar refractivity (Wildman–Crippen MR) is 78.8 cm³/mol. The lowest BCUT2D eigenvalue weighted by Crippen LogP contribution is -2.20. The fourth-order valence-electron chi connectivity index (χ4n) is 2.09. The van der Waals surface area contributed by atoms with E-state index in [1.807, 2.05) is 0 Å². The van der Waals surface area contributed by atoms with E-state index in [1.54, 1.807) is 24.3 Å². The first-order chi connectivity index (χ1) is 10.5. The van der Waals surface area contributed by atoms with Gasteiger partial charge in [0.1, 0.15) is 11.6 Å². The molecule has 1 heterocycles. The van der Waals surface area contributed by atoms with Crippen molar-refractivity contribution in [1.82, 2.24) is 9.78 Å². The molecule has 6 heteroatoms. The van der Waals surface area contributed by atoms with Crippen molar-refractivity contribution in [3.05, 3.63) is 65.4 Å². The van der Waals surface area contributed by atoms with Crippen molar-refractivity contribution in [3.63, 3.8) is 0 Å². The Kier molecular flexibility index (Phi) is 3.42. The molecule has 0 spiro atoms. The molecule has 0 aliphatic carbocycles. The minimum absolute atomic E-state index is 0.266. The lowest BCUT2D eigenvalue weighted by molar-refractivity contribution is 0.248. The summed E-state index contributed by atoms with van der Waals surface area (Å²) in [5, 5.41) is 4.60. The maximum Gasteiger partial charge on any atom is 0.340 e. The van der Waals surface area contributed by atoms with Crippen LogP contribution in [0.25, 0.3) is 23.1 Å². The van der Waals surface area contributed by atoms with Gasteiger partial charge in [0.05, 0.1) is 11.2 Å². The monoisotopic (exact) mass is 298 g/mol. The van der Waals surface area contributed by atoms with E-state index in [4.69, 9.17) is 5.73 Å². The number of rotatable bonds is 2. The largest absolute Gasteiger partial charge is 0.350 e. The number of halogens is 2. The molecule has 0 atom stereocenters. The Balaban J connectivity index is 2.07. The first-order valence-corrected chi connectivity index (χ1v) is 6.38. The number of amides is 1. The zero-order valence-corrected chi connectivity index (χ0v) is 11.3. The van der Waals surface area contributed by atoms with Gasteiger partial charge in [-0.3, -0.25) is 0 Å². The van der Waals surface area contributed by atoms with Gasteiger partial charge in [-0.2, -0.15) is 9.78 Å². The van der Waals surface area contributed by atoms with Crippen molar-refractivity contribution >= 4 is 29.1 Å². The summed E-state index contributed by atoms with van der Waals surface area (Å²) in [4.78, 5) is 11.4. The second-order valence-electron chi connectivity index (χ2n) is 4.60. The van der Waals surface area contributed by atoms with Gasteiger partial charge in [0.25, 0.3) is 0 Å². The molecular formula is C16H10F2N3O. The van der Waals surface area contributed by atoms with E-state index in [2.05, 4.69) is 11.2 Å². The van der Waals surface area contributed by atoms with Gasteiger partial charge in [0.2, 0.25) is 0 Å². The first kappa shape index (κ1) is 13.9. The number of nitrogens with zero attached hydrogens (tertiary/aromatic N) is 2. The molecule has 0 fully saturated rings. The Morgan fingerprint density at radius 2 is 1.95 bits per heavy atom. The predicted octanol–water partition coefficient (Wildman–Crippen LogP) is 3.21. The van der Waals surface area contributed by atoms with Crippen LogP contribution in [0.15, 0.2) is 36.4 Å². The number of benzene rings is 2. The van der Waals surface area contributed by atoms with E-state index in [9.17, 15) is 13.6 Å². The molecule has 1 radical (unpaired) electrons. The summed E-state index contributed by atoms with van der Waals surface area (Å²) in [6, 6.07) is 10.0. The molecule has 3 aromatic rings. The van der Waals surface area contributed by atoms with Gasteiger partial charge < -0.3 is 5.73 Å². The average molecular weight is 298 g/mol. The molecule has 4 nitrogen and oxygen atoms in total. The summed E-state index contributed by atoms with van der Waals surface area (Å²) in [5.41, 5.74) is 6.69. The highest BCUT2D eigenvalue weighted by molar-refractivity contribution is 5.95. The summed E-state index contributed by atoms with van der Waals surface area (Å²) < 4.78 is 27.1. The Bertz CT molecular complexity index is 882. The zero-order chi connectivity index (χ0) is 15.7. The van der Waals surface area contributed by atoms with Gasteiger partial charge in [0, 0.05) is 17.5 Å². The molecule has 0 aliphatic heterocycles. The van der Waals surface area contributed by atoms with E-state index in [0.717, 1.165) is 16.3 Å². The average Bonchev–Trinajstić information content (AvgIpc) is 2.85. The molecule has 22 heavy (non-hydrogen) atoms. The number of nitrogens with two attached hydrogens (primary N) is 1. The third-order valence-electron chi connectivity index (χ3n) is 3.12. The second kappa shape index (κ2) is 5.40. The van der Waals surface area contributed by atoms with Crippen LogP contribution in [-0.4, -0.2) is 15.8 Å². The first-order valence-electron chi connectivity index (χ1n) is 6.38. The number of carbonyl (C=O) groups is 1. The molecular weight excluding hydrogens is 288 g/mol. The molecule has 0 saturated heterocycles. The number of primary amides is 1. The maximum atomic E-state index is 13.3. The van der Waals surface area contributed by atoms with Crippen molar-refractivity contribution in [2.24, 2.45) is 5.73 Å². The van der Waals surface area contributed by atoms with Gasteiger partial charge in [-0.05, 0) is 29.8 Å². The van der Waals surface area contributed by atoms with Gasteiger partial charge in [-0.25, -0.2) is 13.6 Å². The summed E-state index contributed by atoms with van der Waals surface area (Å²) in [6.07, 6.45) is 3.34. The Morgan fingerprint density at radius 3 is 2.64 bits per heavy atom. The molecule has 2 aromatic carbocycles. The summed E-state index contributed by atoms with van der Waals surface area (Å²) in [5.74, 6) is -0.936. The van der Waals surface area contributed by atoms with E-state index < -0.39 is 11.8 Å². The van der Waals surface area contributed by atoms with Crippen LogP contribution in [0.3, 0.4) is 0 Å². The van der Waals surface area contributed by atoms with Gasteiger partial charge in [-0.15, -0.1) is 0 Å². The third-order valence-corrected chi connectivity index (χ3v) is 3.12. The molecule has 2 N–H and O–H groups in total. The highest BCUT2D eigenvalue weighted by atomic mass is 19.1. The Hall–Kier alpha value is -3.02. The van der Waals surface area contributed by atoms with Crippen LogP contribution in [0.2, 0.25) is 0 Å². The molecule has 1 aromatic heterocycles. The smallest absolute Gasteiger partial charge is 0.340 e. The van der Waals surface area contributed by atoms with Crippen LogP contribution >= 0.6 is 0 Å². The quantitative estimate of drug-likeness (QED) is 0.789. The van der Waals surface area contributed by atoms with E-state index in [1.165, 1.54) is 18.2 Å². The number of carbonyl (C=O) groups excluding carboxylic acids is 1. The number of hydrogen-bond donors (Lipinski definition) is 1. The SMILES string of the molecule is NC(=O)n1nc(/C=C/c2ccc(F)cc2)c2c[c]c(F)cc21. The lowest BCUT2D eigenvalue weighted by atomic mass is 10.1. The van der Waals surface area contributed by atoms with Crippen LogP contribution < -0.4 is 5.73 Å². The summed E-state index contributed by atoms with van der Waals surface area (Å²) in [6.45, 7) is 0. The van der Waals surface area contributed by atoms with Gasteiger partial charge >= 0.3 is 6.03 Å². The Labute approximate surface area is 124 Å². The summed E-state index contributed by atoms with van der Waals surface area (Å²) in [7, 11) is 0. The van der Waals surface area contributed by atoms with Crippen molar-refractivity contribution in [2.45, 2.75) is 0 Å². The molecule has 3 rings (SSSR count). The van der Waals surface area contributed by atoms with Crippen molar-refractivity contribution in [1.29, 1.82) is 0 Å². The fraction of sp³-hybridized carbons (Fsp3) is 0. The lowest BCUT2D eigenvalue weighted by Gasteiger charge is -1.95. The third kappa shape index (κ3) is 2.58.